The lowest BCUT2D eigenvalue weighted by molar-refractivity contribution is 0.0897. The molecule has 3 heterocycles. The number of rotatable bonds is 6. The number of hydrogen-bond acceptors (Lipinski definition) is 6. The fraction of sp³-hybridized carbons (Fsp3) is 0.250. The molecule has 0 spiro atoms. The average molecular weight is 435 g/mol. The number of furan rings is 1. The summed E-state index contributed by atoms with van der Waals surface area (Å²) in [5.41, 5.74) is 4.32. The molecule has 2 aromatic carbocycles. The smallest absolute Gasteiger partial charge is 0.287 e. The summed E-state index contributed by atoms with van der Waals surface area (Å²) in [7, 11) is 1.58. The molecule has 7 heteroatoms. The van der Waals surface area contributed by atoms with Crippen LogP contribution in [0.4, 0.5) is 0 Å². The Morgan fingerprint density at radius 3 is 2.97 bits per heavy atom. The molecular formula is C24H22N2O4S. The molecule has 6 nitrogen and oxygen atoms in total. The number of methoxy groups -OCH3 is 1. The van der Waals surface area contributed by atoms with Crippen LogP contribution in [0.1, 0.15) is 27.4 Å². The van der Waals surface area contributed by atoms with Crippen molar-refractivity contribution in [1.82, 2.24) is 10.3 Å². The van der Waals surface area contributed by atoms with Gasteiger partial charge < -0.3 is 19.2 Å². The Morgan fingerprint density at radius 2 is 2.13 bits per heavy atom. The van der Waals surface area contributed by atoms with Gasteiger partial charge in [0.2, 0.25) is 0 Å². The monoisotopic (exact) mass is 434 g/mol. The molecule has 31 heavy (non-hydrogen) atoms. The fourth-order valence-electron chi connectivity index (χ4n) is 3.87. The van der Waals surface area contributed by atoms with E-state index < -0.39 is 0 Å². The number of thiazole rings is 1. The van der Waals surface area contributed by atoms with Crippen LogP contribution in [0, 0.1) is 6.92 Å². The first kappa shape index (κ1) is 19.8. The van der Waals surface area contributed by atoms with Crippen molar-refractivity contribution in [3.05, 3.63) is 71.2 Å². The molecule has 0 fully saturated rings. The predicted molar refractivity (Wildman–Crippen MR) is 120 cm³/mol. The molecule has 0 saturated heterocycles. The SMILES string of the molecule is COCc1ccc(C(=O)NC[C@@H]2Cc3cc(C)cc(-c4nc5ccccc5s4)c3O2)o1. The molecule has 0 unspecified atom stereocenters. The Labute approximate surface area is 183 Å². The molecule has 1 atom stereocenters. The molecule has 1 N–H and O–H groups in total. The van der Waals surface area contributed by atoms with E-state index in [2.05, 4.69) is 30.4 Å². The van der Waals surface area contributed by atoms with E-state index in [1.54, 1.807) is 30.6 Å². The molecule has 0 radical (unpaired) electrons. The van der Waals surface area contributed by atoms with E-state index in [1.807, 2.05) is 18.2 Å². The zero-order valence-electron chi connectivity index (χ0n) is 17.3. The van der Waals surface area contributed by atoms with Crippen LogP contribution in [0.15, 0.2) is 52.9 Å². The van der Waals surface area contributed by atoms with E-state index in [0.717, 1.165) is 38.5 Å². The topological polar surface area (TPSA) is 73.6 Å². The Kier molecular flexibility index (Phi) is 5.21. The van der Waals surface area contributed by atoms with Crippen LogP contribution < -0.4 is 10.1 Å². The molecule has 1 aliphatic heterocycles. The number of aryl methyl sites for hydroxylation is 1. The van der Waals surface area contributed by atoms with Gasteiger partial charge in [0.15, 0.2) is 5.76 Å². The second kappa shape index (κ2) is 8.17. The van der Waals surface area contributed by atoms with Crippen LogP contribution in [0.2, 0.25) is 0 Å². The van der Waals surface area contributed by atoms with E-state index in [1.165, 1.54) is 5.56 Å². The molecule has 4 aromatic rings. The summed E-state index contributed by atoms with van der Waals surface area (Å²) in [4.78, 5) is 17.2. The largest absolute Gasteiger partial charge is 0.487 e. The fourth-order valence-corrected chi connectivity index (χ4v) is 4.84. The Bertz CT molecular complexity index is 1230. The number of aromatic nitrogens is 1. The number of carbonyl (C=O) groups is 1. The van der Waals surface area contributed by atoms with Crippen molar-refractivity contribution in [3.8, 4) is 16.3 Å². The van der Waals surface area contributed by atoms with Crippen molar-refractivity contribution >= 4 is 27.5 Å². The van der Waals surface area contributed by atoms with E-state index in [9.17, 15) is 4.79 Å². The van der Waals surface area contributed by atoms with Gasteiger partial charge in [-0.05, 0) is 48.4 Å². The number of ether oxygens (including phenoxy) is 2. The van der Waals surface area contributed by atoms with Crippen molar-refractivity contribution in [2.45, 2.75) is 26.1 Å². The number of amides is 1. The second-order valence-corrected chi connectivity index (χ2v) is 8.67. The average Bonchev–Trinajstić information content (AvgIpc) is 3.49. The van der Waals surface area contributed by atoms with Crippen LogP contribution >= 0.6 is 11.3 Å². The van der Waals surface area contributed by atoms with Crippen LogP contribution in [0.25, 0.3) is 20.8 Å². The van der Waals surface area contributed by atoms with Gasteiger partial charge in [-0.15, -0.1) is 11.3 Å². The highest BCUT2D eigenvalue weighted by Gasteiger charge is 2.28. The zero-order valence-corrected chi connectivity index (χ0v) is 18.1. The van der Waals surface area contributed by atoms with Crippen molar-refractivity contribution in [2.24, 2.45) is 0 Å². The van der Waals surface area contributed by atoms with Gasteiger partial charge in [0.05, 0.1) is 22.3 Å². The van der Waals surface area contributed by atoms with E-state index in [4.69, 9.17) is 18.9 Å². The van der Waals surface area contributed by atoms with Gasteiger partial charge in [-0.2, -0.15) is 0 Å². The minimum absolute atomic E-state index is 0.137. The third-order valence-corrected chi connectivity index (χ3v) is 6.30. The second-order valence-electron chi connectivity index (χ2n) is 7.64. The lowest BCUT2D eigenvalue weighted by Crippen LogP contribution is -2.34. The standard InChI is InChI=1S/C24H22N2O4S/c1-14-9-15-11-17(12-25-23(27)20-8-7-16(29-20)13-28-2)30-22(15)18(10-14)24-26-19-5-3-4-6-21(19)31-24/h3-10,17H,11-13H2,1-2H3,(H,25,27)/t17-/m0/s1. The van der Waals surface area contributed by atoms with Gasteiger partial charge >= 0.3 is 0 Å². The normalized spacial score (nSPS) is 15.1. The van der Waals surface area contributed by atoms with Crippen LogP contribution in [0.3, 0.4) is 0 Å². The maximum Gasteiger partial charge on any atom is 0.287 e. The number of fused-ring (bicyclic) bond motifs is 2. The van der Waals surface area contributed by atoms with E-state index in [-0.39, 0.29) is 17.8 Å². The van der Waals surface area contributed by atoms with Crippen molar-refractivity contribution < 1.29 is 18.7 Å². The Balaban J connectivity index is 1.32. The molecule has 158 valence electrons. The zero-order chi connectivity index (χ0) is 21.4. The van der Waals surface area contributed by atoms with E-state index >= 15 is 0 Å². The number of carbonyl (C=O) groups excluding carboxylic acids is 1. The highest BCUT2D eigenvalue weighted by molar-refractivity contribution is 7.21. The van der Waals surface area contributed by atoms with Crippen LogP contribution in [-0.4, -0.2) is 30.6 Å². The Morgan fingerprint density at radius 1 is 1.26 bits per heavy atom. The van der Waals surface area contributed by atoms with Gasteiger partial charge in [0.1, 0.15) is 29.2 Å². The summed E-state index contributed by atoms with van der Waals surface area (Å²) < 4.78 is 18.0. The van der Waals surface area contributed by atoms with Crippen LogP contribution in [0.5, 0.6) is 5.75 Å². The highest BCUT2D eigenvalue weighted by atomic mass is 32.1. The highest BCUT2D eigenvalue weighted by Crippen LogP contribution is 2.42. The minimum atomic E-state index is -0.260. The molecule has 5 rings (SSSR count). The first-order valence-corrected chi connectivity index (χ1v) is 10.9. The van der Waals surface area contributed by atoms with Gasteiger partial charge in [0, 0.05) is 13.5 Å². The van der Waals surface area contributed by atoms with Crippen LogP contribution in [-0.2, 0) is 17.8 Å². The first-order chi connectivity index (χ1) is 15.1. The van der Waals surface area contributed by atoms with Crippen molar-refractivity contribution in [3.63, 3.8) is 0 Å². The summed E-state index contributed by atoms with van der Waals surface area (Å²) in [6.07, 6.45) is 0.602. The molecule has 1 amide bonds. The van der Waals surface area contributed by atoms with Gasteiger partial charge in [0.25, 0.3) is 5.91 Å². The number of para-hydroxylation sites is 1. The molecule has 0 aliphatic carbocycles. The summed E-state index contributed by atoms with van der Waals surface area (Å²) in [5.74, 6) is 1.50. The van der Waals surface area contributed by atoms with Crippen molar-refractivity contribution in [2.75, 3.05) is 13.7 Å². The van der Waals surface area contributed by atoms with Gasteiger partial charge in [-0.25, -0.2) is 4.98 Å². The number of nitrogens with one attached hydrogen (secondary N) is 1. The Hall–Kier alpha value is -3.16. The predicted octanol–water partition coefficient (Wildman–Crippen LogP) is 4.74. The third-order valence-electron chi connectivity index (χ3n) is 5.23. The minimum Gasteiger partial charge on any atom is -0.487 e. The third kappa shape index (κ3) is 3.94. The lowest BCUT2D eigenvalue weighted by atomic mass is 10.0. The van der Waals surface area contributed by atoms with E-state index in [0.29, 0.717) is 18.9 Å². The molecule has 0 bridgehead atoms. The summed E-state index contributed by atoms with van der Waals surface area (Å²) in [6, 6.07) is 15.8. The molecule has 0 saturated carbocycles. The van der Waals surface area contributed by atoms with Gasteiger partial charge in [-0.3, -0.25) is 4.79 Å². The maximum absolute atomic E-state index is 12.4. The molecule has 2 aromatic heterocycles. The maximum atomic E-state index is 12.4. The van der Waals surface area contributed by atoms with Crippen molar-refractivity contribution in [1.29, 1.82) is 0 Å². The summed E-state index contributed by atoms with van der Waals surface area (Å²) in [5, 5.41) is 3.87. The number of hydrogen-bond donors (Lipinski definition) is 1. The molecular weight excluding hydrogens is 412 g/mol. The number of benzene rings is 2. The summed E-state index contributed by atoms with van der Waals surface area (Å²) in [6.45, 7) is 2.81. The molecule has 1 aliphatic rings. The quantitative estimate of drug-likeness (QED) is 0.474. The van der Waals surface area contributed by atoms with Gasteiger partial charge in [-0.1, -0.05) is 18.2 Å². The lowest BCUT2D eigenvalue weighted by Gasteiger charge is -2.12. The number of nitrogens with zero attached hydrogens (tertiary/aromatic N) is 1. The summed E-state index contributed by atoms with van der Waals surface area (Å²) >= 11 is 1.66. The first-order valence-electron chi connectivity index (χ1n) is 10.1.